The molecule has 120 valence electrons. The van der Waals surface area contributed by atoms with Crippen LogP contribution in [0.15, 0.2) is 36.4 Å². The molecule has 0 heterocycles. The number of carbonyl (C=O) groups is 2. The van der Waals surface area contributed by atoms with Crippen molar-refractivity contribution < 1.29 is 14.7 Å². The third kappa shape index (κ3) is 4.03. The minimum absolute atomic E-state index is 0.0248. The molecule has 0 fully saturated rings. The van der Waals surface area contributed by atoms with Crippen LogP contribution in [0.25, 0.3) is 0 Å². The van der Waals surface area contributed by atoms with Gasteiger partial charge in [0.05, 0.1) is 11.1 Å². The van der Waals surface area contributed by atoms with Gasteiger partial charge in [-0.2, -0.15) is 0 Å². The standard InChI is InChI=1S/C17H15Cl2NO3/c1-2-7-20-17(23)14-9-12(19)8-13(16(14)22)15(21)10-3-5-11(18)6-4-10/h3-6,8-9,22H,2,7H2,1H3,(H,20,23). The van der Waals surface area contributed by atoms with Crippen molar-refractivity contribution in [1.29, 1.82) is 0 Å². The molecule has 0 aromatic heterocycles. The zero-order chi connectivity index (χ0) is 17.0. The first-order chi connectivity index (χ1) is 10.9. The first kappa shape index (κ1) is 17.3. The lowest BCUT2D eigenvalue weighted by atomic mass is 9.99. The number of ketones is 1. The highest BCUT2D eigenvalue weighted by molar-refractivity contribution is 6.32. The number of phenols is 1. The summed E-state index contributed by atoms with van der Waals surface area (Å²) in [6, 6.07) is 8.91. The lowest BCUT2D eigenvalue weighted by Gasteiger charge is -2.11. The van der Waals surface area contributed by atoms with Crippen LogP contribution in [0.5, 0.6) is 5.75 Å². The van der Waals surface area contributed by atoms with Crippen molar-refractivity contribution in [2.45, 2.75) is 13.3 Å². The third-order valence-corrected chi connectivity index (χ3v) is 3.68. The molecule has 0 aliphatic rings. The van der Waals surface area contributed by atoms with Crippen molar-refractivity contribution in [3.8, 4) is 5.75 Å². The summed E-state index contributed by atoms with van der Waals surface area (Å²) >= 11 is 11.8. The smallest absolute Gasteiger partial charge is 0.255 e. The SMILES string of the molecule is CCCNC(=O)c1cc(Cl)cc(C(=O)c2ccc(Cl)cc2)c1O. The largest absolute Gasteiger partial charge is 0.506 e. The predicted octanol–water partition coefficient (Wildman–Crippen LogP) is 4.07. The second-order valence-electron chi connectivity index (χ2n) is 4.94. The van der Waals surface area contributed by atoms with E-state index in [2.05, 4.69) is 5.32 Å². The van der Waals surface area contributed by atoms with Crippen LogP contribution in [0.3, 0.4) is 0 Å². The maximum atomic E-state index is 12.5. The highest BCUT2D eigenvalue weighted by Crippen LogP contribution is 2.29. The topological polar surface area (TPSA) is 66.4 Å². The maximum Gasteiger partial charge on any atom is 0.255 e. The summed E-state index contributed by atoms with van der Waals surface area (Å²) in [6.45, 7) is 2.37. The quantitative estimate of drug-likeness (QED) is 0.798. The van der Waals surface area contributed by atoms with E-state index < -0.39 is 11.7 Å². The Morgan fingerprint density at radius 3 is 2.26 bits per heavy atom. The molecule has 2 aromatic carbocycles. The molecular weight excluding hydrogens is 337 g/mol. The Bertz CT molecular complexity index is 742. The second-order valence-corrected chi connectivity index (χ2v) is 5.81. The van der Waals surface area contributed by atoms with E-state index in [-0.39, 0.29) is 21.9 Å². The van der Waals surface area contributed by atoms with Crippen LogP contribution in [0.2, 0.25) is 10.0 Å². The van der Waals surface area contributed by atoms with E-state index in [4.69, 9.17) is 23.2 Å². The summed E-state index contributed by atoms with van der Waals surface area (Å²) in [5, 5.41) is 13.6. The van der Waals surface area contributed by atoms with Gasteiger partial charge >= 0.3 is 0 Å². The van der Waals surface area contributed by atoms with Gasteiger partial charge in [0.1, 0.15) is 5.75 Å². The first-order valence-corrected chi connectivity index (χ1v) is 7.80. The Morgan fingerprint density at radius 1 is 1.04 bits per heavy atom. The van der Waals surface area contributed by atoms with E-state index in [1.54, 1.807) is 24.3 Å². The molecule has 0 spiro atoms. The van der Waals surface area contributed by atoms with Gasteiger partial charge < -0.3 is 10.4 Å². The Labute approximate surface area is 144 Å². The van der Waals surface area contributed by atoms with E-state index in [1.807, 2.05) is 6.92 Å². The van der Waals surface area contributed by atoms with Crippen LogP contribution in [0.1, 0.15) is 39.6 Å². The van der Waals surface area contributed by atoms with Crippen molar-refractivity contribution in [2.24, 2.45) is 0 Å². The van der Waals surface area contributed by atoms with E-state index in [0.29, 0.717) is 17.1 Å². The number of halogens is 2. The van der Waals surface area contributed by atoms with Crippen molar-refractivity contribution in [3.63, 3.8) is 0 Å². The van der Waals surface area contributed by atoms with Gasteiger partial charge in [0, 0.05) is 22.2 Å². The molecule has 0 aliphatic heterocycles. The van der Waals surface area contributed by atoms with Crippen molar-refractivity contribution in [2.75, 3.05) is 6.54 Å². The molecule has 6 heteroatoms. The Morgan fingerprint density at radius 2 is 1.65 bits per heavy atom. The summed E-state index contributed by atoms with van der Waals surface area (Å²) in [5.74, 6) is -1.30. The lowest BCUT2D eigenvalue weighted by Crippen LogP contribution is -2.24. The minimum Gasteiger partial charge on any atom is -0.506 e. The fourth-order valence-corrected chi connectivity index (χ4v) is 2.38. The Hall–Kier alpha value is -2.04. The molecule has 0 saturated carbocycles. The van der Waals surface area contributed by atoms with Gasteiger partial charge in [0.2, 0.25) is 0 Å². The minimum atomic E-state index is -0.475. The van der Waals surface area contributed by atoms with E-state index >= 15 is 0 Å². The van der Waals surface area contributed by atoms with Gasteiger partial charge in [-0.25, -0.2) is 0 Å². The van der Waals surface area contributed by atoms with Crippen molar-refractivity contribution in [3.05, 3.63) is 63.1 Å². The fraction of sp³-hybridized carbons (Fsp3) is 0.176. The Balaban J connectivity index is 2.42. The molecule has 2 aromatic rings. The molecule has 0 unspecified atom stereocenters. The molecule has 0 bridgehead atoms. The summed E-state index contributed by atoms with van der Waals surface area (Å²) in [7, 11) is 0. The molecule has 23 heavy (non-hydrogen) atoms. The zero-order valence-corrected chi connectivity index (χ0v) is 13.9. The fourth-order valence-electron chi connectivity index (χ4n) is 2.04. The number of rotatable bonds is 5. The van der Waals surface area contributed by atoms with Gasteiger partial charge in [0.15, 0.2) is 5.78 Å². The summed E-state index contributed by atoms with van der Waals surface area (Å²) < 4.78 is 0. The second kappa shape index (κ2) is 7.49. The number of nitrogens with one attached hydrogen (secondary N) is 1. The van der Waals surface area contributed by atoms with Gasteiger partial charge in [0.25, 0.3) is 5.91 Å². The maximum absolute atomic E-state index is 12.5. The van der Waals surface area contributed by atoms with Crippen molar-refractivity contribution in [1.82, 2.24) is 5.32 Å². The predicted molar refractivity (Wildman–Crippen MR) is 90.6 cm³/mol. The molecule has 0 atom stereocenters. The molecule has 0 radical (unpaired) electrons. The number of hydrogen-bond acceptors (Lipinski definition) is 3. The van der Waals surface area contributed by atoms with Crippen LogP contribution >= 0.6 is 23.2 Å². The van der Waals surface area contributed by atoms with E-state index in [0.717, 1.165) is 6.42 Å². The van der Waals surface area contributed by atoms with Gasteiger partial charge in [-0.05, 0) is 42.8 Å². The number of hydrogen-bond donors (Lipinski definition) is 2. The van der Waals surface area contributed by atoms with Crippen molar-refractivity contribution >= 4 is 34.9 Å². The lowest BCUT2D eigenvalue weighted by molar-refractivity contribution is 0.0951. The number of phenolic OH excluding ortho intramolecular Hbond substituents is 1. The number of benzene rings is 2. The van der Waals surface area contributed by atoms with Crippen LogP contribution in [-0.4, -0.2) is 23.3 Å². The van der Waals surface area contributed by atoms with Crippen LogP contribution in [0.4, 0.5) is 0 Å². The van der Waals surface area contributed by atoms with E-state index in [1.165, 1.54) is 12.1 Å². The van der Waals surface area contributed by atoms with Crippen LogP contribution in [0, 0.1) is 0 Å². The zero-order valence-electron chi connectivity index (χ0n) is 12.4. The molecule has 0 aliphatic carbocycles. The third-order valence-electron chi connectivity index (χ3n) is 3.21. The molecule has 0 saturated heterocycles. The summed E-state index contributed by atoms with van der Waals surface area (Å²) in [4.78, 5) is 24.6. The van der Waals surface area contributed by atoms with Gasteiger partial charge in [-0.1, -0.05) is 30.1 Å². The Kier molecular flexibility index (Phi) is 5.64. The van der Waals surface area contributed by atoms with Gasteiger partial charge in [-0.3, -0.25) is 9.59 Å². The number of amides is 1. The number of aromatic hydroxyl groups is 1. The first-order valence-electron chi connectivity index (χ1n) is 7.05. The van der Waals surface area contributed by atoms with Gasteiger partial charge in [-0.15, -0.1) is 0 Å². The molecule has 2 rings (SSSR count). The van der Waals surface area contributed by atoms with Crippen LogP contribution in [-0.2, 0) is 0 Å². The highest BCUT2D eigenvalue weighted by Gasteiger charge is 2.21. The average Bonchev–Trinajstić information content (AvgIpc) is 2.54. The normalized spacial score (nSPS) is 10.4. The summed E-state index contributed by atoms with van der Waals surface area (Å²) in [5.41, 5.74) is 0.289. The molecule has 4 nitrogen and oxygen atoms in total. The number of carbonyl (C=O) groups excluding carboxylic acids is 2. The van der Waals surface area contributed by atoms with Crippen LogP contribution < -0.4 is 5.32 Å². The monoisotopic (exact) mass is 351 g/mol. The average molecular weight is 352 g/mol. The molecular formula is C17H15Cl2NO3. The van der Waals surface area contributed by atoms with E-state index in [9.17, 15) is 14.7 Å². The molecule has 2 N–H and O–H groups in total. The molecule has 1 amide bonds. The summed E-state index contributed by atoms with van der Waals surface area (Å²) in [6.07, 6.45) is 0.754. The highest BCUT2D eigenvalue weighted by atomic mass is 35.5.